The molecule has 1 unspecified atom stereocenters. The van der Waals surface area contributed by atoms with Crippen LogP contribution < -0.4 is 10.6 Å². The Labute approximate surface area is 254 Å². The summed E-state index contributed by atoms with van der Waals surface area (Å²) < 4.78 is 85.0. The van der Waals surface area contributed by atoms with Gasteiger partial charge in [0.05, 0.1) is 18.2 Å². The minimum absolute atomic E-state index is 0.000951. The highest BCUT2D eigenvalue weighted by Crippen LogP contribution is 2.37. The number of hydrogen-bond acceptors (Lipinski definition) is 5. The molecule has 15 heteroatoms. The van der Waals surface area contributed by atoms with Gasteiger partial charge < -0.3 is 25.2 Å². The molecule has 8 nitrogen and oxygen atoms in total. The number of carbonyl (C=O) groups is 3. The van der Waals surface area contributed by atoms with E-state index in [4.69, 9.17) is 17.0 Å². The number of nitrogens with one attached hydrogen (secondary N) is 2. The predicted octanol–water partition coefficient (Wildman–Crippen LogP) is 4.78. The summed E-state index contributed by atoms with van der Waals surface area (Å²) in [5.41, 5.74) is -2.94. The van der Waals surface area contributed by atoms with Gasteiger partial charge in [-0.1, -0.05) is 30.3 Å². The predicted molar refractivity (Wildman–Crippen MR) is 151 cm³/mol. The van der Waals surface area contributed by atoms with Crippen LogP contribution in [-0.4, -0.2) is 71.0 Å². The number of ether oxygens (including phenoxy) is 1. The molecule has 2 aromatic carbocycles. The molecule has 0 saturated carbocycles. The van der Waals surface area contributed by atoms with Crippen molar-refractivity contribution in [2.45, 2.75) is 62.6 Å². The zero-order chi connectivity index (χ0) is 32.2. The normalized spacial score (nSPS) is 19.4. The Kier molecular flexibility index (Phi) is 10.1. The lowest BCUT2D eigenvalue weighted by Crippen LogP contribution is -2.56. The number of benzene rings is 2. The summed E-state index contributed by atoms with van der Waals surface area (Å²) in [4.78, 5) is 42.5. The Balaban J connectivity index is 1.57. The molecule has 2 N–H and O–H groups in total. The van der Waals surface area contributed by atoms with Crippen LogP contribution in [0.4, 0.5) is 32.0 Å². The number of amides is 2. The molecular formula is C29H30F6N4O4S. The summed E-state index contributed by atoms with van der Waals surface area (Å²) >= 11 is 5.24. The number of thiocarbonyl (C=S) groups is 1. The number of halogens is 6. The first-order chi connectivity index (χ1) is 20.7. The SMILES string of the molecule is COC(=O)[C@H]1CCCN1C(=O)C1CCCN1C(=O)[C@@H](Cc1ccccc1)NC(=S)Nc1cc(C(F)(F)F)cc(C(F)(F)F)c1. The minimum atomic E-state index is -5.06. The van der Waals surface area contributed by atoms with Crippen LogP contribution in [0.2, 0.25) is 0 Å². The van der Waals surface area contributed by atoms with E-state index in [-0.39, 0.29) is 24.1 Å². The Bertz CT molecular complexity index is 1360. The zero-order valence-corrected chi connectivity index (χ0v) is 24.3. The quantitative estimate of drug-likeness (QED) is 0.255. The van der Waals surface area contributed by atoms with Crippen LogP contribution in [-0.2, 0) is 37.9 Å². The van der Waals surface area contributed by atoms with Gasteiger partial charge in [-0.25, -0.2) is 4.79 Å². The van der Waals surface area contributed by atoms with Crippen molar-refractivity contribution in [2.75, 3.05) is 25.5 Å². The summed E-state index contributed by atoms with van der Waals surface area (Å²) in [6.45, 7) is 0.551. The maximum atomic E-state index is 13.9. The van der Waals surface area contributed by atoms with Crippen LogP contribution >= 0.6 is 12.2 Å². The van der Waals surface area contributed by atoms with Crippen LogP contribution in [0.1, 0.15) is 42.4 Å². The molecule has 2 fully saturated rings. The van der Waals surface area contributed by atoms with Gasteiger partial charge in [-0.05, 0) is 61.7 Å². The average molecular weight is 645 g/mol. The molecule has 2 saturated heterocycles. The lowest BCUT2D eigenvalue weighted by atomic mass is 10.0. The smallest absolute Gasteiger partial charge is 0.416 e. The standard InChI is InChI=1S/C29H30F6N4O4S/c1-43-26(42)23-10-6-12-39(23)25(41)22-9-5-11-38(22)24(40)21(13-17-7-3-2-4-8-17)37-27(44)36-20-15-18(28(30,31)32)14-19(16-20)29(33,34)35/h2-4,7-8,14-16,21-23H,5-6,9-13H2,1H3,(H2,36,37,44)/t21-,22?,23-/m1/s1. The second-order valence-electron chi connectivity index (χ2n) is 10.5. The first kappa shape index (κ1) is 33.0. The molecule has 2 amide bonds. The summed E-state index contributed by atoms with van der Waals surface area (Å²) in [7, 11) is 1.23. The molecule has 2 aliphatic rings. The van der Waals surface area contributed by atoms with E-state index in [1.54, 1.807) is 30.3 Å². The largest absolute Gasteiger partial charge is 0.467 e. The van der Waals surface area contributed by atoms with Crippen molar-refractivity contribution in [3.63, 3.8) is 0 Å². The molecule has 0 spiro atoms. The van der Waals surface area contributed by atoms with E-state index in [1.165, 1.54) is 16.9 Å². The zero-order valence-electron chi connectivity index (χ0n) is 23.5. The molecule has 0 aliphatic carbocycles. The molecule has 2 aliphatic heterocycles. The van der Waals surface area contributed by atoms with Crippen LogP contribution in [0.15, 0.2) is 48.5 Å². The molecular weight excluding hydrogens is 614 g/mol. The van der Waals surface area contributed by atoms with Crippen molar-refractivity contribution >= 4 is 40.8 Å². The van der Waals surface area contributed by atoms with E-state index in [9.17, 15) is 40.7 Å². The summed E-state index contributed by atoms with van der Waals surface area (Å²) in [6, 6.07) is 6.91. The fourth-order valence-electron chi connectivity index (χ4n) is 5.49. The number of nitrogens with zero attached hydrogens (tertiary/aromatic N) is 2. The average Bonchev–Trinajstić information content (AvgIpc) is 3.66. The third kappa shape index (κ3) is 7.79. The van der Waals surface area contributed by atoms with Gasteiger partial charge in [-0.15, -0.1) is 0 Å². The van der Waals surface area contributed by atoms with Crippen molar-refractivity contribution in [3.05, 3.63) is 65.2 Å². The maximum Gasteiger partial charge on any atom is 0.416 e. The number of esters is 1. The van der Waals surface area contributed by atoms with Crippen LogP contribution in [0.5, 0.6) is 0 Å². The molecule has 4 rings (SSSR count). The second-order valence-corrected chi connectivity index (χ2v) is 10.9. The monoisotopic (exact) mass is 644 g/mol. The van der Waals surface area contributed by atoms with Crippen LogP contribution in [0.3, 0.4) is 0 Å². The topological polar surface area (TPSA) is 91.0 Å². The van der Waals surface area contributed by atoms with E-state index in [1.807, 2.05) is 0 Å². The van der Waals surface area contributed by atoms with Gasteiger partial charge in [0.15, 0.2) is 5.11 Å². The Morgan fingerprint density at radius 2 is 1.48 bits per heavy atom. The number of likely N-dealkylation sites (tertiary alicyclic amines) is 2. The Morgan fingerprint density at radius 1 is 0.909 bits per heavy atom. The highest BCUT2D eigenvalue weighted by Gasteiger charge is 2.44. The number of methoxy groups -OCH3 is 1. The molecule has 2 heterocycles. The second kappa shape index (κ2) is 13.4. The van der Waals surface area contributed by atoms with Gasteiger partial charge in [-0.3, -0.25) is 9.59 Å². The van der Waals surface area contributed by atoms with Gasteiger partial charge in [0, 0.05) is 25.2 Å². The molecule has 3 atom stereocenters. The summed E-state index contributed by atoms with van der Waals surface area (Å²) in [6.07, 6.45) is -8.19. The van der Waals surface area contributed by atoms with Gasteiger partial charge in [0.1, 0.15) is 18.1 Å². The fourth-order valence-corrected chi connectivity index (χ4v) is 5.75. The van der Waals surface area contributed by atoms with Crippen molar-refractivity contribution in [3.8, 4) is 0 Å². The van der Waals surface area contributed by atoms with E-state index >= 15 is 0 Å². The first-order valence-electron chi connectivity index (χ1n) is 13.8. The highest BCUT2D eigenvalue weighted by molar-refractivity contribution is 7.80. The first-order valence-corrected chi connectivity index (χ1v) is 14.2. The minimum Gasteiger partial charge on any atom is -0.467 e. The van der Waals surface area contributed by atoms with Crippen molar-refractivity contribution in [1.29, 1.82) is 0 Å². The van der Waals surface area contributed by atoms with Gasteiger partial charge in [-0.2, -0.15) is 26.3 Å². The Morgan fingerprint density at radius 3 is 2.05 bits per heavy atom. The van der Waals surface area contributed by atoms with Gasteiger partial charge in [0.25, 0.3) is 0 Å². The van der Waals surface area contributed by atoms with Crippen molar-refractivity contribution in [1.82, 2.24) is 15.1 Å². The van der Waals surface area contributed by atoms with Crippen molar-refractivity contribution in [2.24, 2.45) is 0 Å². The molecule has 238 valence electrons. The third-order valence-corrected chi connectivity index (χ3v) is 7.78. The summed E-state index contributed by atoms with van der Waals surface area (Å²) in [5.74, 6) is -1.48. The van der Waals surface area contributed by atoms with Crippen LogP contribution in [0.25, 0.3) is 0 Å². The van der Waals surface area contributed by atoms with Crippen molar-refractivity contribution < 1.29 is 45.5 Å². The highest BCUT2D eigenvalue weighted by atomic mass is 32.1. The molecule has 0 bridgehead atoms. The lowest BCUT2D eigenvalue weighted by Gasteiger charge is -2.33. The van der Waals surface area contributed by atoms with Gasteiger partial charge in [0.2, 0.25) is 11.8 Å². The molecule has 0 radical (unpaired) electrons. The number of anilines is 1. The number of hydrogen-bond donors (Lipinski definition) is 2. The number of carbonyl (C=O) groups excluding carboxylic acids is 3. The molecule has 44 heavy (non-hydrogen) atoms. The number of rotatable bonds is 7. The third-order valence-electron chi connectivity index (χ3n) is 7.56. The van der Waals surface area contributed by atoms with Crippen LogP contribution in [0, 0.1) is 0 Å². The van der Waals surface area contributed by atoms with E-state index in [0.717, 1.165) is 0 Å². The van der Waals surface area contributed by atoms with E-state index < -0.39 is 65.1 Å². The van der Waals surface area contributed by atoms with E-state index in [2.05, 4.69) is 10.6 Å². The Hall–Kier alpha value is -3.88. The molecule has 2 aromatic rings. The maximum absolute atomic E-state index is 13.9. The summed E-state index contributed by atoms with van der Waals surface area (Å²) in [5, 5.41) is 4.71. The fraction of sp³-hybridized carbons (Fsp3) is 0.448. The number of alkyl halides is 6. The molecule has 0 aromatic heterocycles. The lowest BCUT2D eigenvalue weighted by molar-refractivity contribution is -0.154. The van der Waals surface area contributed by atoms with Gasteiger partial charge >= 0.3 is 18.3 Å². The van der Waals surface area contributed by atoms with E-state index in [0.29, 0.717) is 49.9 Å².